The lowest BCUT2D eigenvalue weighted by atomic mass is 9.60. The summed E-state index contributed by atoms with van der Waals surface area (Å²) in [5, 5.41) is 10.8. The summed E-state index contributed by atoms with van der Waals surface area (Å²) in [6.45, 7) is 10.2. The number of hydrogen-bond donors (Lipinski definition) is 1. The van der Waals surface area contributed by atoms with Gasteiger partial charge in [-0.15, -0.1) is 0 Å². The summed E-state index contributed by atoms with van der Waals surface area (Å²) in [5.74, 6) is -3.05. The minimum Gasteiger partial charge on any atom is -0.389 e. The van der Waals surface area contributed by atoms with Crippen molar-refractivity contribution in [3.63, 3.8) is 0 Å². The molecule has 0 aliphatic heterocycles. The molecule has 2 rings (SSSR count). The fourth-order valence-corrected chi connectivity index (χ4v) is 4.40. The number of benzene rings is 1. The van der Waals surface area contributed by atoms with Crippen LogP contribution in [0.3, 0.4) is 0 Å². The van der Waals surface area contributed by atoms with Gasteiger partial charge in [-0.25, -0.2) is 0 Å². The van der Waals surface area contributed by atoms with E-state index in [9.17, 15) is 19.5 Å². The van der Waals surface area contributed by atoms with Crippen molar-refractivity contribution in [3.8, 4) is 0 Å². The molecule has 0 unspecified atom stereocenters. The summed E-state index contributed by atoms with van der Waals surface area (Å²) >= 11 is 0. The van der Waals surface area contributed by atoms with Crippen LogP contribution in [-0.2, 0) is 14.4 Å². The van der Waals surface area contributed by atoms with E-state index >= 15 is 0 Å². The van der Waals surface area contributed by atoms with Crippen molar-refractivity contribution in [2.75, 3.05) is 18.0 Å². The topological polar surface area (TPSA) is 74.7 Å². The minimum atomic E-state index is -1.45. The quantitative estimate of drug-likeness (QED) is 0.791. The SMILES string of the molecule is CCN(CC)c1ccc([C@@H]2[C@H](C(C)=O)C(=O)C[C@](C)(O)[C@@H]2C(C)=O)cc1. The highest BCUT2D eigenvalue weighted by Gasteiger charge is 2.53. The second kappa shape index (κ2) is 7.70. The summed E-state index contributed by atoms with van der Waals surface area (Å²) in [4.78, 5) is 39.3. The van der Waals surface area contributed by atoms with Gasteiger partial charge in [0.05, 0.1) is 17.4 Å². The molecule has 0 spiro atoms. The van der Waals surface area contributed by atoms with E-state index < -0.39 is 23.4 Å². The first-order chi connectivity index (χ1) is 12.1. The van der Waals surface area contributed by atoms with Crippen LogP contribution in [0.25, 0.3) is 0 Å². The van der Waals surface area contributed by atoms with Crippen LogP contribution < -0.4 is 4.90 Å². The van der Waals surface area contributed by atoms with E-state index in [2.05, 4.69) is 18.7 Å². The number of anilines is 1. The number of ketones is 3. The lowest BCUT2D eigenvalue weighted by Gasteiger charge is -2.44. The highest BCUT2D eigenvalue weighted by Crippen LogP contribution is 2.46. The molecule has 1 aromatic carbocycles. The molecule has 5 nitrogen and oxygen atoms in total. The number of aliphatic hydroxyl groups is 1. The third kappa shape index (κ3) is 3.73. The Kier molecular flexibility index (Phi) is 6.02. The van der Waals surface area contributed by atoms with Crippen LogP contribution in [0.2, 0.25) is 0 Å². The first-order valence-corrected chi connectivity index (χ1v) is 9.24. The molecule has 1 saturated carbocycles. The highest BCUT2D eigenvalue weighted by molar-refractivity contribution is 6.05. The number of rotatable bonds is 6. The molecule has 0 radical (unpaired) electrons. The second-order valence-corrected chi connectivity index (χ2v) is 7.47. The van der Waals surface area contributed by atoms with Crippen LogP contribution in [0.5, 0.6) is 0 Å². The molecule has 142 valence electrons. The van der Waals surface area contributed by atoms with Gasteiger partial charge in [-0.1, -0.05) is 12.1 Å². The molecule has 26 heavy (non-hydrogen) atoms. The maximum atomic E-state index is 12.6. The van der Waals surface area contributed by atoms with Crippen LogP contribution in [-0.4, -0.2) is 41.1 Å². The average molecular weight is 359 g/mol. The monoisotopic (exact) mass is 359 g/mol. The Morgan fingerprint density at radius 1 is 1.12 bits per heavy atom. The molecule has 4 atom stereocenters. The van der Waals surface area contributed by atoms with E-state index in [4.69, 9.17) is 0 Å². The van der Waals surface area contributed by atoms with Crippen LogP contribution in [0, 0.1) is 11.8 Å². The van der Waals surface area contributed by atoms with Gasteiger partial charge in [-0.05, 0) is 52.3 Å². The summed E-state index contributed by atoms with van der Waals surface area (Å²) < 4.78 is 0. The van der Waals surface area contributed by atoms with Gasteiger partial charge in [-0.2, -0.15) is 0 Å². The molecule has 1 aromatic rings. The zero-order valence-corrected chi connectivity index (χ0v) is 16.3. The van der Waals surface area contributed by atoms with E-state index in [-0.39, 0.29) is 23.8 Å². The third-order valence-electron chi connectivity index (χ3n) is 5.55. The normalized spacial score (nSPS) is 28.7. The maximum absolute atomic E-state index is 12.6. The van der Waals surface area contributed by atoms with Crippen LogP contribution >= 0.6 is 0 Å². The molecule has 0 heterocycles. The van der Waals surface area contributed by atoms with Crippen LogP contribution in [0.1, 0.15) is 52.5 Å². The van der Waals surface area contributed by atoms with E-state index in [1.165, 1.54) is 20.8 Å². The molecule has 1 aliphatic carbocycles. The average Bonchev–Trinajstić information content (AvgIpc) is 2.54. The largest absolute Gasteiger partial charge is 0.389 e. The van der Waals surface area contributed by atoms with Crippen molar-refractivity contribution in [3.05, 3.63) is 29.8 Å². The van der Waals surface area contributed by atoms with Crippen molar-refractivity contribution < 1.29 is 19.5 Å². The van der Waals surface area contributed by atoms with E-state index in [1.54, 1.807) is 0 Å². The standard InChI is InChI=1S/C21H29NO4/c1-6-22(7-2)16-10-8-15(9-11-16)19-18(13(3)23)17(25)12-21(5,26)20(19)14(4)24/h8-11,18-20,26H,6-7,12H2,1-5H3/t18-,19-,20-,21+/m1/s1. The molecule has 0 bridgehead atoms. The lowest BCUT2D eigenvalue weighted by molar-refractivity contribution is -0.151. The van der Waals surface area contributed by atoms with Gasteiger partial charge in [0.15, 0.2) is 0 Å². The summed E-state index contributed by atoms with van der Waals surface area (Å²) in [6, 6.07) is 7.65. The van der Waals surface area contributed by atoms with Crippen LogP contribution in [0.15, 0.2) is 24.3 Å². The van der Waals surface area contributed by atoms with Gasteiger partial charge in [0.2, 0.25) is 0 Å². The fourth-order valence-electron chi connectivity index (χ4n) is 4.40. The van der Waals surface area contributed by atoms with E-state index in [0.29, 0.717) is 0 Å². The first kappa shape index (κ1) is 20.3. The van der Waals surface area contributed by atoms with Gasteiger partial charge in [0, 0.05) is 31.1 Å². The number of hydrogen-bond acceptors (Lipinski definition) is 5. The van der Waals surface area contributed by atoms with Crippen LogP contribution in [0.4, 0.5) is 5.69 Å². The van der Waals surface area contributed by atoms with E-state index in [1.807, 2.05) is 24.3 Å². The second-order valence-electron chi connectivity index (χ2n) is 7.47. The Labute approximate surface area is 155 Å². The Morgan fingerprint density at radius 3 is 2.08 bits per heavy atom. The predicted molar refractivity (Wildman–Crippen MR) is 101 cm³/mol. The lowest BCUT2D eigenvalue weighted by Crippen LogP contribution is -2.53. The minimum absolute atomic E-state index is 0.171. The van der Waals surface area contributed by atoms with Gasteiger partial charge in [0.1, 0.15) is 17.3 Å². The first-order valence-electron chi connectivity index (χ1n) is 9.24. The smallest absolute Gasteiger partial charge is 0.146 e. The number of Topliss-reactive ketones (excluding diaryl/α,β-unsaturated/α-hetero) is 3. The van der Waals surface area contributed by atoms with Gasteiger partial charge >= 0.3 is 0 Å². The Hall–Kier alpha value is -2.01. The molecule has 1 fully saturated rings. The van der Waals surface area contributed by atoms with Crippen molar-refractivity contribution in [1.82, 2.24) is 0 Å². The van der Waals surface area contributed by atoms with Crippen molar-refractivity contribution in [1.29, 1.82) is 0 Å². The summed E-state index contributed by atoms with van der Waals surface area (Å²) in [5.41, 5.74) is 0.345. The molecular formula is C21H29NO4. The molecule has 0 aromatic heterocycles. The predicted octanol–water partition coefficient (Wildman–Crippen LogP) is 2.75. The zero-order valence-electron chi connectivity index (χ0n) is 16.3. The van der Waals surface area contributed by atoms with E-state index in [0.717, 1.165) is 24.3 Å². The summed E-state index contributed by atoms with van der Waals surface area (Å²) in [7, 11) is 0. The summed E-state index contributed by atoms with van der Waals surface area (Å²) in [6.07, 6.45) is -0.171. The molecular weight excluding hydrogens is 330 g/mol. The zero-order chi connectivity index (χ0) is 19.6. The Bertz CT molecular complexity index is 688. The molecule has 0 saturated heterocycles. The van der Waals surface area contributed by atoms with Crippen molar-refractivity contribution in [2.45, 2.75) is 52.6 Å². The molecule has 1 N–H and O–H groups in total. The Morgan fingerprint density at radius 2 is 1.65 bits per heavy atom. The molecule has 5 heteroatoms. The highest BCUT2D eigenvalue weighted by atomic mass is 16.3. The molecule has 0 amide bonds. The fraction of sp³-hybridized carbons (Fsp3) is 0.571. The third-order valence-corrected chi connectivity index (χ3v) is 5.55. The van der Waals surface area contributed by atoms with Crippen molar-refractivity contribution >= 4 is 23.0 Å². The number of carbonyl (C=O) groups is 3. The van der Waals surface area contributed by atoms with Gasteiger partial charge < -0.3 is 10.0 Å². The number of carbonyl (C=O) groups excluding carboxylic acids is 3. The Balaban J connectivity index is 2.53. The maximum Gasteiger partial charge on any atom is 0.146 e. The van der Waals surface area contributed by atoms with Gasteiger partial charge in [-0.3, -0.25) is 14.4 Å². The van der Waals surface area contributed by atoms with Crippen molar-refractivity contribution in [2.24, 2.45) is 11.8 Å². The molecule has 1 aliphatic rings. The number of nitrogens with zero attached hydrogens (tertiary/aromatic N) is 1. The van der Waals surface area contributed by atoms with Gasteiger partial charge in [0.25, 0.3) is 0 Å².